The molecule has 1 N–H and O–H groups in total. The Bertz CT molecular complexity index is 909. The van der Waals surface area contributed by atoms with Crippen molar-refractivity contribution in [2.24, 2.45) is 0 Å². The van der Waals surface area contributed by atoms with Crippen LogP contribution in [0.3, 0.4) is 0 Å². The lowest BCUT2D eigenvalue weighted by Crippen LogP contribution is -2.07. The third-order valence-corrected chi connectivity index (χ3v) is 4.92. The van der Waals surface area contributed by atoms with Crippen LogP contribution in [0, 0.1) is 6.92 Å². The van der Waals surface area contributed by atoms with E-state index in [-0.39, 0.29) is 0 Å². The van der Waals surface area contributed by atoms with Gasteiger partial charge in [0.1, 0.15) is 0 Å². The van der Waals surface area contributed by atoms with Crippen molar-refractivity contribution in [1.82, 2.24) is 0 Å². The Balaban J connectivity index is 0.000000447. The molecular weight excluding hydrogens is 374 g/mol. The predicted octanol–water partition coefficient (Wildman–Crippen LogP) is 9.19. The molecule has 3 rings (SSSR count). The van der Waals surface area contributed by atoms with Crippen LogP contribution < -0.4 is 5.32 Å². The minimum Gasteiger partial charge on any atom is -0.359 e. The molecule has 0 atom stereocenters. The molecule has 164 valence electrons. The van der Waals surface area contributed by atoms with Gasteiger partial charge in [0.25, 0.3) is 0 Å². The number of rotatable bonds is 5. The van der Waals surface area contributed by atoms with E-state index < -0.39 is 0 Å². The standard InChI is InChI=1S/C21H25N.C7H8.C2H6/c1-5-10-20(16(3)6-2)21-15-19(14-13-17(21)4)22-18-11-8-7-9-12-18;1-7-5-3-2-4-6-7;1-2/h5-12,15,22H,2,13-14H2,1,3-4H3;2-6H,1H3;1-2H3/b10-5-,20-16+;;. The fourth-order valence-corrected chi connectivity index (χ4v) is 3.18. The van der Waals surface area contributed by atoms with Gasteiger partial charge < -0.3 is 5.32 Å². The first kappa shape index (κ1) is 26.0. The van der Waals surface area contributed by atoms with Gasteiger partial charge in [-0.3, -0.25) is 0 Å². The van der Waals surface area contributed by atoms with Crippen LogP contribution in [0.25, 0.3) is 0 Å². The van der Waals surface area contributed by atoms with Crippen molar-refractivity contribution in [1.29, 1.82) is 0 Å². The van der Waals surface area contributed by atoms with Gasteiger partial charge in [-0.1, -0.05) is 98.3 Å². The number of anilines is 1. The average Bonchev–Trinajstić information content (AvgIpc) is 2.81. The van der Waals surface area contributed by atoms with E-state index in [9.17, 15) is 0 Å². The second kappa shape index (κ2) is 14.8. The molecule has 0 spiro atoms. The lowest BCUT2D eigenvalue weighted by atomic mass is 9.89. The maximum atomic E-state index is 3.92. The summed E-state index contributed by atoms with van der Waals surface area (Å²) < 4.78 is 0. The van der Waals surface area contributed by atoms with Gasteiger partial charge in [-0.25, -0.2) is 0 Å². The minimum atomic E-state index is 1.06. The molecule has 0 radical (unpaired) electrons. The third-order valence-electron chi connectivity index (χ3n) is 4.92. The maximum absolute atomic E-state index is 3.92. The summed E-state index contributed by atoms with van der Waals surface area (Å²) in [6.07, 6.45) is 10.6. The minimum absolute atomic E-state index is 1.06. The molecular formula is C30H39N. The summed E-state index contributed by atoms with van der Waals surface area (Å²) >= 11 is 0. The number of benzene rings is 2. The monoisotopic (exact) mass is 413 g/mol. The van der Waals surface area contributed by atoms with Crippen LogP contribution in [0.1, 0.15) is 53.0 Å². The Morgan fingerprint density at radius 3 is 1.97 bits per heavy atom. The van der Waals surface area contributed by atoms with Gasteiger partial charge in [-0.15, -0.1) is 0 Å². The van der Waals surface area contributed by atoms with Crippen molar-refractivity contribution in [3.05, 3.63) is 125 Å². The van der Waals surface area contributed by atoms with Gasteiger partial charge in [0.05, 0.1) is 0 Å². The van der Waals surface area contributed by atoms with Crippen molar-refractivity contribution in [3.8, 4) is 0 Å². The molecule has 0 aromatic heterocycles. The lowest BCUT2D eigenvalue weighted by Gasteiger charge is -2.21. The van der Waals surface area contributed by atoms with E-state index in [1.54, 1.807) is 0 Å². The molecule has 1 nitrogen and oxygen atoms in total. The summed E-state index contributed by atoms with van der Waals surface area (Å²) in [4.78, 5) is 0. The molecule has 0 fully saturated rings. The molecule has 31 heavy (non-hydrogen) atoms. The molecule has 0 bridgehead atoms. The van der Waals surface area contributed by atoms with Crippen LogP contribution in [0.15, 0.2) is 120 Å². The predicted molar refractivity (Wildman–Crippen MR) is 140 cm³/mol. The first-order chi connectivity index (χ1) is 15.0. The highest BCUT2D eigenvalue weighted by molar-refractivity contribution is 5.58. The topological polar surface area (TPSA) is 12.0 Å². The van der Waals surface area contributed by atoms with Gasteiger partial charge in [0, 0.05) is 11.4 Å². The summed E-state index contributed by atoms with van der Waals surface area (Å²) in [6.45, 7) is 16.4. The molecule has 0 unspecified atom stereocenters. The highest BCUT2D eigenvalue weighted by Crippen LogP contribution is 2.31. The summed E-state index contributed by atoms with van der Waals surface area (Å²) in [5.41, 5.74) is 8.97. The number of hydrogen-bond donors (Lipinski definition) is 1. The largest absolute Gasteiger partial charge is 0.359 e. The first-order valence-corrected chi connectivity index (χ1v) is 11.3. The number of allylic oxidation sites excluding steroid dienone is 9. The number of aryl methyl sites for hydroxylation is 1. The smallest absolute Gasteiger partial charge is 0.0381 e. The zero-order valence-corrected chi connectivity index (χ0v) is 20.2. The molecule has 1 aliphatic rings. The molecule has 0 heterocycles. The summed E-state index contributed by atoms with van der Waals surface area (Å²) in [5, 5.41) is 3.54. The van der Waals surface area contributed by atoms with Crippen LogP contribution in [0.2, 0.25) is 0 Å². The summed E-state index contributed by atoms with van der Waals surface area (Å²) in [6, 6.07) is 20.6. The molecule has 2 aromatic carbocycles. The molecule has 2 aromatic rings. The van der Waals surface area contributed by atoms with E-state index >= 15 is 0 Å². The SMILES string of the molecule is C=C/C(C)=C(\C=C/C)C1=C(C)CCC(Nc2ccccc2)=C1.CC.Cc1ccccc1. The Labute approximate surface area is 190 Å². The van der Waals surface area contributed by atoms with Crippen molar-refractivity contribution in [2.45, 2.75) is 54.4 Å². The van der Waals surface area contributed by atoms with Crippen LogP contribution in [-0.2, 0) is 0 Å². The second-order valence-electron chi connectivity index (χ2n) is 7.31. The Morgan fingerprint density at radius 1 is 0.903 bits per heavy atom. The second-order valence-corrected chi connectivity index (χ2v) is 7.31. The highest BCUT2D eigenvalue weighted by Gasteiger charge is 2.14. The van der Waals surface area contributed by atoms with Gasteiger partial charge in [0.15, 0.2) is 0 Å². The van der Waals surface area contributed by atoms with Gasteiger partial charge >= 0.3 is 0 Å². The molecule has 1 heteroatoms. The van der Waals surface area contributed by atoms with Crippen molar-refractivity contribution < 1.29 is 0 Å². The van der Waals surface area contributed by atoms with E-state index in [0.717, 1.165) is 18.5 Å². The summed E-state index contributed by atoms with van der Waals surface area (Å²) in [7, 11) is 0. The quantitative estimate of drug-likeness (QED) is 0.482. The van der Waals surface area contributed by atoms with Crippen LogP contribution in [0.5, 0.6) is 0 Å². The highest BCUT2D eigenvalue weighted by atomic mass is 14.9. The number of hydrogen-bond acceptors (Lipinski definition) is 1. The number of nitrogens with one attached hydrogen (secondary N) is 1. The van der Waals surface area contributed by atoms with Gasteiger partial charge in [-0.2, -0.15) is 0 Å². The number of para-hydroxylation sites is 1. The molecule has 0 saturated carbocycles. The summed E-state index contributed by atoms with van der Waals surface area (Å²) in [5.74, 6) is 0. The maximum Gasteiger partial charge on any atom is 0.0381 e. The lowest BCUT2D eigenvalue weighted by molar-refractivity contribution is 0.894. The normalized spacial score (nSPS) is 13.8. The molecule has 0 saturated heterocycles. The average molecular weight is 414 g/mol. The first-order valence-electron chi connectivity index (χ1n) is 11.3. The van der Waals surface area contributed by atoms with E-state index in [1.807, 2.05) is 44.2 Å². The van der Waals surface area contributed by atoms with Crippen molar-refractivity contribution in [2.75, 3.05) is 5.32 Å². The molecule has 0 aliphatic heterocycles. The fraction of sp³-hybridized carbons (Fsp3) is 0.267. The zero-order chi connectivity index (χ0) is 23.1. The van der Waals surface area contributed by atoms with Crippen molar-refractivity contribution in [3.63, 3.8) is 0 Å². The Morgan fingerprint density at radius 2 is 1.48 bits per heavy atom. The Kier molecular flexibility index (Phi) is 12.4. The van der Waals surface area contributed by atoms with E-state index in [4.69, 9.17) is 0 Å². The molecule has 1 aliphatic carbocycles. The Hall–Kier alpha value is -3.06. The third kappa shape index (κ3) is 9.09. The molecule has 0 amide bonds. The van der Waals surface area contributed by atoms with Crippen molar-refractivity contribution >= 4 is 5.69 Å². The van der Waals surface area contributed by atoms with Crippen LogP contribution >= 0.6 is 0 Å². The van der Waals surface area contributed by atoms with Crippen LogP contribution in [-0.4, -0.2) is 0 Å². The van der Waals surface area contributed by atoms with Gasteiger partial charge in [-0.05, 0) is 75.5 Å². The fourth-order valence-electron chi connectivity index (χ4n) is 3.18. The van der Waals surface area contributed by atoms with E-state index in [0.29, 0.717) is 0 Å². The van der Waals surface area contributed by atoms with E-state index in [2.05, 4.69) is 94.2 Å². The zero-order valence-electron chi connectivity index (χ0n) is 20.2. The van der Waals surface area contributed by atoms with E-state index in [1.165, 1.54) is 33.6 Å². The van der Waals surface area contributed by atoms with Crippen LogP contribution in [0.4, 0.5) is 5.69 Å². The van der Waals surface area contributed by atoms with Gasteiger partial charge in [0.2, 0.25) is 0 Å².